The molecule has 0 radical (unpaired) electrons. The molecule has 0 aliphatic heterocycles. The minimum atomic E-state index is -0.890. The van der Waals surface area contributed by atoms with Crippen LogP contribution in [0.2, 0.25) is 0 Å². The maximum Gasteiger partial charge on any atom is 0.220 e. The van der Waals surface area contributed by atoms with E-state index in [1.165, 1.54) is 17.8 Å². The summed E-state index contributed by atoms with van der Waals surface area (Å²) in [6, 6.07) is 3.63. The van der Waals surface area contributed by atoms with Crippen molar-refractivity contribution in [2.75, 3.05) is 12.3 Å². The van der Waals surface area contributed by atoms with E-state index in [0.29, 0.717) is 10.6 Å². The fourth-order valence-corrected chi connectivity index (χ4v) is 2.05. The molecule has 0 heterocycles. The van der Waals surface area contributed by atoms with Crippen molar-refractivity contribution in [3.63, 3.8) is 0 Å². The Bertz CT molecular complexity index is 413. The van der Waals surface area contributed by atoms with Crippen LogP contribution in [-0.2, 0) is 4.79 Å². The van der Waals surface area contributed by atoms with Crippen molar-refractivity contribution in [1.29, 1.82) is 0 Å². The van der Waals surface area contributed by atoms with Crippen molar-refractivity contribution in [3.8, 4) is 0 Å². The molecule has 1 rings (SSSR count). The highest BCUT2D eigenvalue weighted by Gasteiger charge is 2.05. The molecule has 1 aromatic carbocycles. The summed E-state index contributed by atoms with van der Waals surface area (Å²) in [6.45, 7) is 1.80. The highest BCUT2D eigenvalue weighted by atomic mass is 32.2. The number of hydrogen-bond donors (Lipinski definition) is 2. The van der Waals surface area contributed by atoms with E-state index in [4.69, 9.17) is 5.11 Å². The Morgan fingerprint density at radius 3 is 2.78 bits per heavy atom. The van der Waals surface area contributed by atoms with Gasteiger partial charge in [0.15, 0.2) is 11.6 Å². The van der Waals surface area contributed by atoms with E-state index in [1.807, 2.05) is 0 Å². The standard InChI is InChI=1S/C12H15F2NO2S/c1-8(16)7-15-12(17)4-5-18-9-2-3-10(13)11(14)6-9/h2-3,6,8,16H,4-5,7H2,1H3,(H,15,17). The first kappa shape index (κ1) is 14.9. The van der Waals surface area contributed by atoms with Gasteiger partial charge >= 0.3 is 0 Å². The Morgan fingerprint density at radius 2 is 2.17 bits per heavy atom. The molecule has 6 heteroatoms. The van der Waals surface area contributed by atoms with Crippen LogP contribution >= 0.6 is 11.8 Å². The molecule has 0 bridgehead atoms. The van der Waals surface area contributed by atoms with Crippen LogP contribution in [-0.4, -0.2) is 29.4 Å². The molecule has 1 atom stereocenters. The quantitative estimate of drug-likeness (QED) is 0.780. The number of aliphatic hydroxyl groups is 1. The number of carbonyl (C=O) groups is 1. The summed E-state index contributed by atoms with van der Waals surface area (Å²) in [6.07, 6.45) is -0.316. The summed E-state index contributed by atoms with van der Waals surface area (Å²) in [5, 5.41) is 11.5. The average molecular weight is 275 g/mol. The Balaban J connectivity index is 2.28. The predicted molar refractivity (Wildman–Crippen MR) is 66.4 cm³/mol. The fraction of sp³-hybridized carbons (Fsp3) is 0.417. The van der Waals surface area contributed by atoms with Gasteiger partial charge in [-0.25, -0.2) is 8.78 Å². The van der Waals surface area contributed by atoms with Gasteiger partial charge in [0.1, 0.15) is 0 Å². The lowest BCUT2D eigenvalue weighted by Crippen LogP contribution is -2.30. The van der Waals surface area contributed by atoms with Crippen LogP contribution in [0.25, 0.3) is 0 Å². The first-order valence-corrected chi connectivity index (χ1v) is 6.50. The third kappa shape index (κ3) is 5.46. The van der Waals surface area contributed by atoms with E-state index in [-0.39, 0.29) is 18.9 Å². The molecule has 0 aliphatic carbocycles. The highest BCUT2D eigenvalue weighted by molar-refractivity contribution is 7.99. The number of amides is 1. The summed E-state index contributed by atoms with van der Waals surface area (Å²) in [4.78, 5) is 11.9. The van der Waals surface area contributed by atoms with Crippen molar-refractivity contribution in [3.05, 3.63) is 29.8 Å². The zero-order valence-corrected chi connectivity index (χ0v) is 10.8. The van der Waals surface area contributed by atoms with Crippen LogP contribution in [0.5, 0.6) is 0 Å². The second kappa shape index (κ2) is 7.33. The summed E-state index contributed by atoms with van der Waals surface area (Å²) < 4.78 is 25.5. The number of hydrogen-bond acceptors (Lipinski definition) is 3. The first-order valence-electron chi connectivity index (χ1n) is 5.51. The summed E-state index contributed by atoms with van der Waals surface area (Å²) in [5.41, 5.74) is 0. The van der Waals surface area contributed by atoms with E-state index in [1.54, 1.807) is 6.92 Å². The summed E-state index contributed by atoms with van der Waals surface area (Å²) in [5.74, 6) is -1.48. The number of rotatable bonds is 6. The lowest BCUT2D eigenvalue weighted by Gasteiger charge is -2.07. The summed E-state index contributed by atoms with van der Waals surface area (Å²) in [7, 11) is 0. The van der Waals surface area contributed by atoms with Crippen LogP contribution in [0.1, 0.15) is 13.3 Å². The zero-order valence-electron chi connectivity index (χ0n) is 9.95. The number of carbonyl (C=O) groups excluding carboxylic acids is 1. The minimum Gasteiger partial charge on any atom is -0.392 e. The third-order valence-corrected chi connectivity index (χ3v) is 3.08. The number of thioether (sulfide) groups is 1. The van der Waals surface area contributed by atoms with Crippen molar-refractivity contribution in [2.45, 2.75) is 24.3 Å². The normalized spacial score (nSPS) is 12.2. The second-order valence-corrected chi connectivity index (χ2v) is 5.00. The molecule has 18 heavy (non-hydrogen) atoms. The van der Waals surface area contributed by atoms with Gasteiger partial charge in [0.05, 0.1) is 6.10 Å². The molecule has 0 fully saturated rings. The van der Waals surface area contributed by atoms with Gasteiger partial charge in [0.2, 0.25) is 5.91 Å². The van der Waals surface area contributed by atoms with Crippen LogP contribution in [0, 0.1) is 11.6 Å². The lowest BCUT2D eigenvalue weighted by atomic mass is 10.3. The summed E-state index contributed by atoms with van der Waals surface area (Å²) >= 11 is 1.28. The Hall–Kier alpha value is -1.14. The van der Waals surface area contributed by atoms with Crippen LogP contribution in [0.15, 0.2) is 23.1 Å². The SMILES string of the molecule is CC(O)CNC(=O)CCSc1ccc(F)c(F)c1. The first-order chi connectivity index (χ1) is 8.49. The topological polar surface area (TPSA) is 49.3 Å². The zero-order chi connectivity index (χ0) is 13.5. The van der Waals surface area contributed by atoms with E-state index in [2.05, 4.69) is 5.32 Å². The number of benzene rings is 1. The van der Waals surface area contributed by atoms with E-state index in [0.717, 1.165) is 12.1 Å². The minimum absolute atomic E-state index is 0.175. The van der Waals surface area contributed by atoms with Gasteiger partial charge in [-0.3, -0.25) is 4.79 Å². The molecule has 0 aromatic heterocycles. The monoisotopic (exact) mass is 275 g/mol. The Kier molecular flexibility index (Phi) is 6.07. The van der Waals surface area contributed by atoms with Crippen molar-refractivity contribution in [2.24, 2.45) is 0 Å². The smallest absolute Gasteiger partial charge is 0.220 e. The number of aliphatic hydroxyl groups excluding tert-OH is 1. The van der Waals surface area contributed by atoms with E-state index >= 15 is 0 Å². The highest BCUT2D eigenvalue weighted by Crippen LogP contribution is 2.20. The van der Waals surface area contributed by atoms with Gasteiger partial charge in [-0.05, 0) is 25.1 Å². The van der Waals surface area contributed by atoms with E-state index in [9.17, 15) is 13.6 Å². The van der Waals surface area contributed by atoms with Crippen LogP contribution < -0.4 is 5.32 Å². The molecule has 3 nitrogen and oxygen atoms in total. The second-order valence-electron chi connectivity index (χ2n) is 3.83. The molecule has 1 unspecified atom stereocenters. The molecule has 0 saturated carbocycles. The molecule has 1 amide bonds. The van der Waals surface area contributed by atoms with Gasteiger partial charge in [-0.15, -0.1) is 11.8 Å². The Labute approximate surface area is 109 Å². The van der Waals surface area contributed by atoms with Gasteiger partial charge < -0.3 is 10.4 Å². The molecule has 0 aliphatic rings. The van der Waals surface area contributed by atoms with Gasteiger partial charge in [0.25, 0.3) is 0 Å². The van der Waals surface area contributed by atoms with Crippen molar-refractivity contribution >= 4 is 17.7 Å². The van der Waals surface area contributed by atoms with Crippen molar-refractivity contribution < 1.29 is 18.7 Å². The van der Waals surface area contributed by atoms with E-state index < -0.39 is 17.7 Å². The van der Waals surface area contributed by atoms with Crippen LogP contribution in [0.4, 0.5) is 8.78 Å². The third-order valence-electron chi connectivity index (χ3n) is 2.08. The van der Waals surface area contributed by atoms with Gasteiger partial charge in [0, 0.05) is 23.6 Å². The Morgan fingerprint density at radius 1 is 1.44 bits per heavy atom. The fourth-order valence-electron chi connectivity index (χ4n) is 1.18. The molecule has 0 spiro atoms. The maximum absolute atomic E-state index is 12.9. The van der Waals surface area contributed by atoms with Gasteiger partial charge in [-0.2, -0.15) is 0 Å². The molecular weight excluding hydrogens is 260 g/mol. The largest absolute Gasteiger partial charge is 0.392 e. The maximum atomic E-state index is 12.9. The lowest BCUT2D eigenvalue weighted by molar-refractivity contribution is -0.121. The van der Waals surface area contributed by atoms with Gasteiger partial charge in [-0.1, -0.05) is 0 Å². The molecule has 2 N–H and O–H groups in total. The molecule has 0 saturated heterocycles. The van der Waals surface area contributed by atoms with Crippen LogP contribution in [0.3, 0.4) is 0 Å². The number of nitrogens with one attached hydrogen (secondary N) is 1. The molecular formula is C12H15F2NO2S. The van der Waals surface area contributed by atoms with Crippen molar-refractivity contribution in [1.82, 2.24) is 5.32 Å². The predicted octanol–water partition coefficient (Wildman–Crippen LogP) is 1.94. The molecule has 100 valence electrons. The number of halogens is 2. The average Bonchev–Trinajstić information content (AvgIpc) is 2.31. The molecule has 1 aromatic rings.